The van der Waals surface area contributed by atoms with E-state index < -0.39 is 11.9 Å². The summed E-state index contributed by atoms with van der Waals surface area (Å²) in [6, 6.07) is 4.45. The van der Waals surface area contributed by atoms with E-state index in [1.165, 1.54) is 0 Å². The van der Waals surface area contributed by atoms with E-state index in [1.54, 1.807) is 12.1 Å². The van der Waals surface area contributed by atoms with Gasteiger partial charge in [-0.05, 0) is 30.0 Å². The molecule has 1 fully saturated rings. The summed E-state index contributed by atoms with van der Waals surface area (Å²) in [5.41, 5.74) is 2.21. The Morgan fingerprint density at radius 2 is 2.08 bits per heavy atom. The van der Waals surface area contributed by atoms with E-state index in [1.807, 2.05) is 17.9 Å². The van der Waals surface area contributed by atoms with Gasteiger partial charge in [-0.15, -0.1) is 0 Å². The first kappa shape index (κ1) is 18.1. The van der Waals surface area contributed by atoms with Crippen molar-refractivity contribution in [3.63, 3.8) is 0 Å². The molecule has 26 heavy (non-hydrogen) atoms. The minimum atomic E-state index is -0.519. The van der Waals surface area contributed by atoms with Gasteiger partial charge in [-0.2, -0.15) is 0 Å². The molecule has 0 aromatic heterocycles. The topological polar surface area (TPSA) is 108 Å². The lowest BCUT2D eigenvalue weighted by atomic mass is 10.0. The molecule has 1 aromatic rings. The van der Waals surface area contributed by atoms with Crippen LogP contribution in [0, 0.1) is 0 Å². The van der Waals surface area contributed by atoms with Crippen LogP contribution in [0.2, 0.25) is 0 Å². The number of amides is 5. The predicted molar refractivity (Wildman–Crippen MR) is 93.0 cm³/mol. The number of imide groups is 2. The molecular weight excluding hydrogens is 336 g/mol. The summed E-state index contributed by atoms with van der Waals surface area (Å²) < 4.78 is 0. The van der Waals surface area contributed by atoms with Gasteiger partial charge < -0.3 is 5.32 Å². The van der Waals surface area contributed by atoms with Crippen LogP contribution in [0.4, 0.5) is 4.79 Å². The Morgan fingerprint density at radius 1 is 1.27 bits per heavy atom. The standard InChI is InChI=1S/C18H22N4O4/c1-2-8-19-18(26)21-16(24)12-5-3-4-11-9-22(10-13(11)12)14-6-7-15(23)20-17(14)25/h3-5,14H,2,6-10H2,1H3,(H,20,23,25)(H2,19,21,24,26). The molecule has 0 radical (unpaired) electrons. The third-order valence-electron chi connectivity index (χ3n) is 4.67. The van der Waals surface area contributed by atoms with Gasteiger partial charge in [0.15, 0.2) is 0 Å². The number of hydrogen-bond donors (Lipinski definition) is 3. The van der Waals surface area contributed by atoms with Crippen molar-refractivity contribution >= 4 is 23.8 Å². The molecule has 3 N–H and O–H groups in total. The number of carbonyl (C=O) groups excluding carboxylic acids is 4. The zero-order valence-electron chi connectivity index (χ0n) is 14.6. The van der Waals surface area contributed by atoms with E-state index in [9.17, 15) is 19.2 Å². The maximum absolute atomic E-state index is 12.5. The molecule has 8 heteroatoms. The van der Waals surface area contributed by atoms with Crippen LogP contribution in [0.15, 0.2) is 18.2 Å². The molecule has 0 saturated carbocycles. The molecule has 8 nitrogen and oxygen atoms in total. The van der Waals surface area contributed by atoms with E-state index in [4.69, 9.17) is 0 Å². The molecule has 2 aliphatic rings. The number of benzene rings is 1. The fourth-order valence-electron chi connectivity index (χ4n) is 3.36. The highest BCUT2D eigenvalue weighted by Crippen LogP contribution is 2.29. The quantitative estimate of drug-likeness (QED) is 0.685. The molecule has 2 heterocycles. The van der Waals surface area contributed by atoms with Gasteiger partial charge in [-0.3, -0.25) is 29.9 Å². The maximum atomic E-state index is 12.5. The fraction of sp³-hybridized carbons (Fsp3) is 0.444. The molecule has 1 aromatic carbocycles. The molecule has 138 valence electrons. The van der Waals surface area contributed by atoms with Gasteiger partial charge in [-0.1, -0.05) is 19.1 Å². The van der Waals surface area contributed by atoms with Crippen molar-refractivity contribution in [3.8, 4) is 0 Å². The summed E-state index contributed by atoms with van der Waals surface area (Å²) in [6.07, 6.45) is 1.57. The molecule has 1 unspecified atom stereocenters. The minimum absolute atomic E-state index is 0.249. The van der Waals surface area contributed by atoms with Crippen molar-refractivity contribution in [1.82, 2.24) is 20.9 Å². The normalized spacial score (nSPS) is 19.7. The average molecular weight is 358 g/mol. The van der Waals surface area contributed by atoms with Crippen molar-refractivity contribution in [3.05, 3.63) is 34.9 Å². The SMILES string of the molecule is CCCNC(=O)NC(=O)c1cccc2c1CN(C1CCC(=O)NC1=O)C2. The van der Waals surface area contributed by atoms with E-state index in [2.05, 4.69) is 16.0 Å². The lowest BCUT2D eigenvalue weighted by molar-refractivity contribution is -0.137. The van der Waals surface area contributed by atoms with Crippen molar-refractivity contribution in [2.75, 3.05) is 6.54 Å². The number of piperidine rings is 1. The van der Waals surface area contributed by atoms with Gasteiger partial charge in [0.25, 0.3) is 5.91 Å². The molecule has 0 aliphatic carbocycles. The molecule has 5 amide bonds. The van der Waals surface area contributed by atoms with Gasteiger partial charge >= 0.3 is 6.03 Å². The molecular formula is C18H22N4O4. The first-order valence-corrected chi connectivity index (χ1v) is 8.77. The molecule has 3 rings (SSSR count). The first-order chi connectivity index (χ1) is 12.5. The van der Waals surface area contributed by atoms with E-state index >= 15 is 0 Å². The maximum Gasteiger partial charge on any atom is 0.321 e. The number of hydrogen-bond acceptors (Lipinski definition) is 5. The third-order valence-corrected chi connectivity index (χ3v) is 4.67. The summed E-state index contributed by atoms with van der Waals surface area (Å²) in [5, 5.41) is 7.31. The molecule has 0 spiro atoms. The number of rotatable bonds is 4. The van der Waals surface area contributed by atoms with E-state index in [0.29, 0.717) is 38.0 Å². The van der Waals surface area contributed by atoms with Gasteiger partial charge in [0.05, 0.1) is 6.04 Å². The number of carbonyl (C=O) groups is 4. The smallest absolute Gasteiger partial charge is 0.321 e. The molecule has 2 aliphatic heterocycles. The summed E-state index contributed by atoms with van der Waals surface area (Å²) >= 11 is 0. The second kappa shape index (κ2) is 7.65. The van der Waals surface area contributed by atoms with Crippen LogP contribution in [0.1, 0.15) is 47.7 Å². The molecule has 0 bridgehead atoms. The van der Waals surface area contributed by atoms with Crippen LogP contribution < -0.4 is 16.0 Å². The highest BCUT2D eigenvalue weighted by atomic mass is 16.2. The fourth-order valence-corrected chi connectivity index (χ4v) is 3.36. The second-order valence-corrected chi connectivity index (χ2v) is 6.53. The van der Waals surface area contributed by atoms with Crippen LogP contribution in [0.25, 0.3) is 0 Å². The summed E-state index contributed by atoms with van der Waals surface area (Å²) in [5.74, 6) is -0.999. The number of nitrogens with one attached hydrogen (secondary N) is 3. The Morgan fingerprint density at radius 3 is 2.81 bits per heavy atom. The van der Waals surface area contributed by atoms with Gasteiger partial charge in [-0.25, -0.2) is 4.79 Å². The predicted octanol–water partition coefficient (Wildman–Crippen LogP) is 0.657. The van der Waals surface area contributed by atoms with Gasteiger partial charge in [0.1, 0.15) is 0 Å². The van der Waals surface area contributed by atoms with Crippen LogP contribution in [0.3, 0.4) is 0 Å². The van der Waals surface area contributed by atoms with Crippen molar-refractivity contribution in [2.24, 2.45) is 0 Å². The highest BCUT2D eigenvalue weighted by Gasteiger charge is 2.36. The lowest BCUT2D eigenvalue weighted by Crippen LogP contribution is -2.50. The second-order valence-electron chi connectivity index (χ2n) is 6.53. The van der Waals surface area contributed by atoms with E-state index in [-0.39, 0.29) is 17.9 Å². The Bertz CT molecular complexity index is 762. The summed E-state index contributed by atoms with van der Waals surface area (Å²) in [6.45, 7) is 3.39. The largest absolute Gasteiger partial charge is 0.338 e. The van der Waals surface area contributed by atoms with Crippen molar-refractivity contribution in [2.45, 2.75) is 45.3 Å². The number of urea groups is 1. The lowest BCUT2D eigenvalue weighted by Gasteiger charge is -2.29. The van der Waals surface area contributed by atoms with Gasteiger partial charge in [0.2, 0.25) is 11.8 Å². The van der Waals surface area contributed by atoms with Crippen LogP contribution in [-0.4, -0.2) is 41.2 Å². The molecule has 1 atom stereocenters. The van der Waals surface area contributed by atoms with Crippen molar-refractivity contribution < 1.29 is 19.2 Å². The number of nitrogens with zero attached hydrogens (tertiary/aromatic N) is 1. The highest BCUT2D eigenvalue weighted by molar-refractivity contribution is 6.05. The Balaban J connectivity index is 1.71. The third kappa shape index (κ3) is 3.75. The van der Waals surface area contributed by atoms with Crippen LogP contribution in [0.5, 0.6) is 0 Å². The van der Waals surface area contributed by atoms with E-state index in [0.717, 1.165) is 17.5 Å². The Kier molecular flexibility index (Phi) is 5.32. The Labute approximate surface area is 151 Å². The zero-order valence-corrected chi connectivity index (χ0v) is 14.6. The Hall–Kier alpha value is -2.74. The first-order valence-electron chi connectivity index (χ1n) is 8.77. The van der Waals surface area contributed by atoms with Gasteiger partial charge in [0, 0.05) is 31.6 Å². The van der Waals surface area contributed by atoms with Crippen molar-refractivity contribution in [1.29, 1.82) is 0 Å². The average Bonchev–Trinajstić information content (AvgIpc) is 3.03. The minimum Gasteiger partial charge on any atom is -0.338 e. The number of fused-ring (bicyclic) bond motifs is 1. The van der Waals surface area contributed by atoms with Crippen LogP contribution >= 0.6 is 0 Å². The summed E-state index contributed by atoms with van der Waals surface area (Å²) in [4.78, 5) is 49.6. The van der Waals surface area contributed by atoms with Crippen LogP contribution in [-0.2, 0) is 22.7 Å². The monoisotopic (exact) mass is 358 g/mol. The summed E-state index contributed by atoms with van der Waals surface area (Å²) in [7, 11) is 0. The molecule has 1 saturated heterocycles. The zero-order chi connectivity index (χ0) is 18.7.